The van der Waals surface area contributed by atoms with Gasteiger partial charge in [-0.3, -0.25) is 0 Å². The van der Waals surface area contributed by atoms with E-state index in [0.717, 1.165) is 0 Å². The zero-order valence-electron chi connectivity index (χ0n) is 7.17. The second kappa shape index (κ2) is 4.93. The van der Waals surface area contributed by atoms with Crippen LogP contribution in [-0.2, 0) is 0 Å². The maximum atomic E-state index is 8.30. The predicted molar refractivity (Wildman–Crippen MR) is 58.4 cm³/mol. The van der Waals surface area contributed by atoms with Crippen molar-refractivity contribution in [3.63, 3.8) is 0 Å². The molecule has 0 saturated carbocycles. The highest BCUT2D eigenvalue weighted by molar-refractivity contribution is 6.43. The Kier molecular flexibility index (Phi) is 3.85. The van der Waals surface area contributed by atoms with E-state index in [2.05, 4.69) is 10.5 Å². The molecule has 1 aromatic carbocycles. The molecule has 0 aliphatic carbocycles. The molecule has 14 heavy (non-hydrogen) atoms. The van der Waals surface area contributed by atoms with E-state index in [4.69, 9.17) is 34.1 Å². The molecule has 0 aliphatic rings. The van der Waals surface area contributed by atoms with Gasteiger partial charge >= 0.3 is 0 Å². The molecule has 0 radical (unpaired) electrons. The van der Waals surface area contributed by atoms with Gasteiger partial charge in [-0.2, -0.15) is 0 Å². The third-order valence-electron chi connectivity index (χ3n) is 1.54. The molecule has 4 N–H and O–H groups in total. The van der Waals surface area contributed by atoms with Crippen LogP contribution in [0.2, 0.25) is 10.0 Å². The van der Waals surface area contributed by atoms with Gasteiger partial charge in [0.25, 0.3) is 0 Å². The number of rotatable bonds is 3. The van der Waals surface area contributed by atoms with Crippen molar-refractivity contribution in [1.82, 2.24) is 0 Å². The van der Waals surface area contributed by atoms with E-state index in [1.54, 1.807) is 18.2 Å². The van der Waals surface area contributed by atoms with Crippen LogP contribution in [0.5, 0.6) is 0 Å². The van der Waals surface area contributed by atoms with Crippen LogP contribution in [0.25, 0.3) is 0 Å². The number of nitrogens with two attached hydrogens (primary N) is 1. The summed E-state index contributed by atoms with van der Waals surface area (Å²) in [6.45, 7) is 0.205. The molecule has 0 amide bonds. The van der Waals surface area contributed by atoms with E-state index < -0.39 is 0 Å². The Balaban J connectivity index is 2.73. The highest BCUT2D eigenvalue weighted by Crippen LogP contribution is 2.29. The first-order chi connectivity index (χ1) is 6.65. The van der Waals surface area contributed by atoms with Gasteiger partial charge in [-0.25, -0.2) is 0 Å². The monoisotopic (exact) mass is 233 g/mol. The summed E-state index contributed by atoms with van der Waals surface area (Å²) >= 11 is 11.7. The third-order valence-corrected chi connectivity index (χ3v) is 2.36. The molecule has 6 heteroatoms. The van der Waals surface area contributed by atoms with Crippen molar-refractivity contribution in [1.29, 1.82) is 0 Å². The fourth-order valence-corrected chi connectivity index (χ4v) is 1.23. The lowest BCUT2D eigenvalue weighted by atomic mass is 10.3. The molecule has 0 unspecified atom stereocenters. The maximum Gasteiger partial charge on any atom is 0.158 e. The number of nitrogens with one attached hydrogen (secondary N) is 1. The molecule has 0 aromatic heterocycles. The van der Waals surface area contributed by atoms with Crippen LogP contribution in [-0.4, -0.2) is 17.6 Å². The van der Waals surface area contributed by atoms with E-state index >= 15 is 0 Å². The summed E-state index contributed by atoms with van der Waals surface area (Å²) in [6.07, 6.45) is 0. The molecule has 0 saturated heterocycles. The Morgan fingerprint density at radius 2 is 2.21 bits per heavy atom. The van der Waals surface area contributed by atoms with Gasteiger partial charge in [0.15, 0.2) is 5.84 Å². The number of hydrogen-bond donors (Lipinski definition) is 3. The molecule has 76 valence electrons. The average Bonchev–Trinajstić information content (AvgIpc) is 2.20. The fourth-order valence-electron chi connectivity index (χ4n) is 0.861. The minimum Gasteiger partial charge on any atom is -0.409 e. The number of hydrogen-bond acceptors (Lipinski definition) is 3. The molecule has 4 nitrogen and oxygen atoms in total. The molecule has 0 bridgehead atoms. The Hall–Kier alpha value is -1.13. The highest BCUT2D eigenvalue weighted by atomic mass is 35.5. The first-order valence-electron chi connectivity index (χ1n) is 3.79. The van der Waals surface area contributed by atoms with E-state index in [1.807, 2.05) is 0 Å². The zero-order chi connectivity index (χ0) is 10.6. The Morgan fingerprint density at radius 3 is 2.86 bits per heavy atom. The molecule has 0 heterocycles. The van der Waals surface area contributed by atoms with E-state index in [9.17, 15) is 0 Å². The van der Waals surface area contributed by atoms with Crippen LogP contribution >= 0.6 is 23.2 Å². The summed E-state index contributed by atoms with van der Waals surface area (Å²) in [5.74, 6) is 0.0704. The molecule has 0 fully saturated rings. The van der Waals surface area contributed by atoms with Gasteiger partial charge in [-0.05, 0) is 12.1 Å². The summed E-state index contributed by atoms with van der Waals surface area (Å²) in [6, 6.07) is 5.18. The van der Waals surface area contributed by atoms with E-state index in [0.29, 0.717) is 15.7 Å². The van der Waals surface area contributed by atoms with Crippen molar-refractivity contribution in [2.24, 2.45) is 10.9 Å². The van der Waals surface area contributed by atoms with Crippen molar-refractivity contribution in [2.75, 3.05) is 11.9 Å². The smallest absolute Gasteiger partial charge is 0.158 e. The number of oxime groups is 1. The molecule has 0 aliphatic heterocycles. The standard InChI is InChI=1S/C8H9Cl2N3O/c9-5-2-1-3-6(8(5)10)12-4-7(11)13-14/h1-3,12,14H,4H2,(H2,11,13). The van der Waals surface area contributed by atoms with Crippen LogP contribution in [0, 0.1) is 0 Å². The number of anilines is 1. The summed E-state index contributed by atoms with van der Waals surface area (Å²) in [7, 11) is 0. The second-order valence-corrected chi connectivity index (χ2v) is 3.33. The maximum absolute atomic E-state index is 8.30. The lowest BCUT2D eigenvalue weighted by molar-refractivity contribution is 0.317. The van der Waals surface area contributed by atoms with Gasteiger partial charge in [0, 0.05) is 0 Å². The quantitative estimate of drug-likeness (QED) is 0.325. The Bertz CT molecular complexity index is 354. The first-order valence-corrected chi connectivity index (χ1v) is 4.55. The second-order valence-electron chi connectivity index (χ2n) is 2.55. The van der Waals surface area contributed by atoms with Gasteiger partial charge in [0.05, 0.1) is 22.3 Å². The third kappa shape index (κ3) is 2.68. The minimum atomic E-state index is 0.0704. The summed E-state index contributed by atoms with van der Waals surface area (Å²) < 4.78 is 0. The Morgan fingerprint density at radius 1 is 1.50 bits per heavy atom. The topological polar surface area (TPSA) is 70.6 Å². The molecular weight excluding hydrogens is 225 g/mol. The van der Waals surface area contributed by atoms with E-state index in [1.165, 1.54) is 0 Å². The van der Waals surface area contributed by atoms with Crippen molar-refractivity contribution in [3.8, 4) is 0 Å². The Labute approximate surface area is 91.3 Å². The summed E-state index contributed by atoms with van der Waals surface area (Å²) in [5.41, 5.74) is 5.91. The summed E-state index contributed by atoms with van der Waals surface area (Å²) in [5, 5.41) is 14.9. The van der Waals surface area contributed by atoms with Crippen LogP contribution in [0.4, 0.5) is 5.69 Å². The number of halogens is 2. The molecule has 1 rings (SSSR count). The van der Waals surface area contributed by atoms with Gasteiger partial charge in [0.1, 0.15) is 0 Å². The van der Waals surface area contributed by atoms with Crippen molar-refractivity contribution >= 4 is 34.7 Å². The number of nitrogens with zero attached hydrogens (tertiary/aromatic N) is 1. The average molecular weight is 234 g/mol. The minimum absolute atomic E-state index is 0.0704. The van der Waals surface area contributed by atoms with Crippen molar-refractivity contribution in [3.05, 3.63) is 28.2 Å². The lowest BCUT2D eigenvalue weighted by Gasteiger charge is -2.07. The highest BCUT2D eigenvalue weighted by Gasteiger charge is 2.03. The molecule has 0 spiro atoms. The van der Waals surface area contributed by atoms with Crippen LogP contribution < -0.4 is 11.1 Å². The lowest BCUT2D eigenvalue weighted by Crippen LogP contribution is -2.22. The molecule has 0 atom stereocenters. The van der Waals surface area contributed by atoms with Gasteiger partial charge in [-0.1, -0.05) is 34.4 Å². The van der Waals surface area contributed by atoms with Crippen molar-refractivity contribution < 1.29 is 5.21 Å². The van der Waals surface area contributed by atoms with Crippen LogP contribution in [0.15, 0.2) is 23.4 Å². The summed E-state index contributed by atoms with van der Waals surface area (Å²) in [4.78, 5) is 0. The van der Waals surface area contributed by atoms with Gasteiger partial charge < -0.3 is 16.3 Å². The first kappa shape index (κ1) is 10.9. The largest absolute Gasteiger partial charge is 0.409 e. The zero-order valence-corrected chi connectivity index (χ0v) is 8.68. The van der Waals surface area contributed by atoms with E-state index in [-0.39, 0.29) is 12.4 Å². The van der Waals surface area contributed by atoms with Crippen molar-refractivity contribution in [2.45, 2.75) is 0 Å². The number of amidine groups is 1. The van der Waals surface area contributed by atoms with Gasteiger partial charge in [-0.15, -0.1) is 0 Å². The molecule has 1 aromatic rings. The van der Waals surface area contributed by atoms with Crippen LogP contribution in [0.1, 0.15) is 0 Å². The molecular formula is C8H9Cl2N3O. The predicted octanol–water partition coefficient (Wildman–Crippen LogP) is 2.15. The normalized spacial score (nSPS) is 11.4. The van der Waals surface area contributed by atoms with Crippen LogP contribution in [0.3, 0.4) is 0 Å². The SMILES string of the molecule is NC(CNc1cccc(Cl)c1Cl)=NO. The van der Waals surface area contributed by atoms with Gasteiger partial charge in [0.2, 0.25) is 0 Å². The fraction of sp³-hybridized carbons (Fsp3) is 0.125. The number of benzene rings is 1.